The van der Waals surface area contributed by atoms with Crippen LogP contribution in [0.4, 0.5) is 11.4 Å². The highest BCUT2D eigenvalue weighted by molar-refractivity contribution is 6.55. The van der Waals surface area contributed by atoms with Crippen LogP contribution in [0.2, 0.25) is 20.1 Å². The van der Waals surface area contributed by atoms with E-state index in [1.54, 1.807) is 0 Å². The molecule has 2 aromatic rings. The predicted molar refractivity (Wildman–Crippen MR) is 110 cm³/mol. The zero-order chi connectivity index (χ0) is 22.3. The van der Waals surface area contributed by atoms with Gasteiger partial charge in [-0.25, -0.2) is 0 Å². The van der Waals surface area contributed by atoms with Crippen molar-refractivity contribution in [2.45, 2.75) is 0 Å². The van der Waals surface area contributed by atoms with Crippen LogP contribution >= 0.6 is 46.4 Å². The molecule has 1 aliphatic rings. The number of rotatable bonds is 5. The van der Waals surface area contributed by atoms with Crippen molar-refractivity contribution >= 4 is 75.5 Å². The van der Waals surface area contributed by atoms with Crippen LogP contribution in [-0.2, 0) is 4.79 Å². The molecular weight excluding hydrogens is 484 g/mol. The molecule has 0 aromatic heterocycles. The molecule has 156 valence electrons. The number of carbonyl (C=O) groups is 3. The lowest BCUT2D eigenvalue weighted by Gasteiger charge is -2.14. The van der Waals surface area contributed by atoms with Gasteiger partial charge in [-0.1, -0.05) is 46.4 Å². The van der Waals surface area contributed by atoms with Gasteiger partial charge in [-0.3, -0.25) is 29.4 Å². The maximum absolute atomic E-state index is 12.6. The molecule has 30 heavy (non-hydrogen) atoms. The Balaban J connectivity index is 1.88. The lowest BCUT2D eigenvalue weighted by atomic mass is 10.1. The maximum Gasteiger partial charge on any atom is 0.296 e. The Morgan fingerprint density at radius 1 is 1.07 bits per heavy atom. The van der Waals surface area contributed by atoms with Crippen LogP contribution < -0.4 is 10.1 Å². The van der Waals surface area contributed by atoms with Gasteiger partial charge in [-0.05, 0) is 12.1 Å². The molecule has 3 amide bonds. The molecule has 2 aromatic carbocycles. The highest BCUT2D eigenvalue weighted by Crippen LogP contribution is 2.44. The van der Waals surface area contributed by atoms with Crippen molar-refractivity contribution < 1.29 is 24.0 Å². The van der Waals surface area contributed by atoms with E-state index in [2.05, 4.69) is 5.32 Å². The maximum atomic E-state index is 12.6. The Labute approximate surface area is 188 Å². The number of nitrogens with one attached hydrogen (secondary N) is 1. The number of methoxy groups -OCH3 is 1. The number of hydrogen-bond donors (Lipinski definition) is 1. The number of fused-ring (bicyclic) bond motifs is 1. The van der Waals surface area contributed by atoms with Crippen molar-refractivity contribution in [3.05, 3.63) is 59.5 Å². The van der Waals surface area contributed by atoms with Crippen LogP contribution in [0.3, 0.4) is 0 Å². The van der Waals surface area contributed by atoms with Crippen LogP contribution in [0.1, 0.15) is 20.7 Å². The van der Waals surface area contributed by atoms with Gasteiger partial charge in [0.2, 0.25) is 5.91 Å². The van der Waals surface area contributed by atoms with Crippen LogP contribution in [0, 0.1) is 10.1 Å². The normalized spacial score (nSPS) is 12.8. The molecule has 0 unspecified atom stereocenters. The van der Waals surface area contributed by atoms with Gasteiger partial charge in [0, 0.05) is 0 Å². The monoisotopic (exact) mass is 491 g/mol. The molecule has 0 saturated heterocycles. The van der Waals surface area contributed by atoms with Crippen LogP contribution in [-0.4, -0.2) is 41.2 Å². The van der Waals surface area contributed by atoms with Crippen molar-refractivity contribution in [1.82, 2.24) is 4.90 Å². The molecule has 13 heteroatoms. The van der Waals surface area contributed by atoms with E-state index in [0.29, 0.717) is 4.90 Å². The SMILES string of the molecule is COc1ccc(NC(=O)CN2C(=O)c3c(Cl)c(Cl)c(Cl)c(Cl)c3C2=O)c([N+](=O)[O-])c1. The lowest BCUT2D eigenvalue weighted by Crippen LogP contribution is -2.37. The van der Waals surface area contributed by atoms with Gasteiger partial charge in [-0.15, -0.1) is 0 Å². The summed E-state index contributed by atoms with van der Waals surface area (Å²) < 4.78 is 4.92. The third-order valence-electron chi connectivity index (χ3n) is 4.16. The minimum atomic E-state index is -0.903. The Morgan fingerprint density at radius 2 is 1.60 bits per heavy atom. The van der Waals surface area contributed by atoms with Crippen molar-refractivity contribution in [3.8, 4) is 5.75 Å². The fourth-order valence-corrected chi connectivity index (χ4v) is 3.78. The molecule has 0 bridgehead atoms. The van der Waals surface area contributed by atoms with E-state index in [1.165, 1.54) is 19.2 Å². The molecule has 0 radical (unpaired) electrons. The summed E-state index contributed by atoms with van der Waals surface area (Å²) >= 11 is 23.9. The number of imide groups is 1. The highest BCUT2D eigenvalue weighted by atomic mass is 35.5. The van der Waals surface area contributed by atoms with Crippen LogP contribution in [0.5, 0.6) is 5.75 Å². The zero-order valence-electron chi connectivity index (χ0n) is 14.8. The summed E-state index contributed by atoms with van der Waals surface area (Å²) in [5.74, 6) is -2.47. The van der Waals surface area contributed by atoms with Crippen molar-refractivity contribution in [3.63, 3.8) is 0 Å². The molecule has 0 aliphatic carbocycles. The summed E-state index contributed by atoms with van der Waals surface area (Å²) in [6.45, 7) is -0.753. The molecule has 1 heterocycles. The van der Waals surface area contributed by atoms with Gasteiger partial charge >= 0.3 is 0 Å². The molecule has 1 N–H and O–H groups in total. The van der Waals surface area contributed by atoms with Gasteiger partial charge in [0.05, 0.1) is 49.3 Å². The van der Waals surface area contributed by atoms with Gasteiger partial charge in [0.15, 0.2) is 0 Å². The Morgan fingerprint density at radius 3 is 2.07 bits per heavy atom. The number of amides is 3. The van der Waals surface area contributed by atoms with Crippen molar-refractivity contribution in [2.75, 3.05) is 19.0 Å². The number of nitro groups is 1. The van der Waals surface area contributed by atoms with Gasteiger partial charge in [-0.2, -0.15) is 0 Å². The number of anilines is 1. The molecule has 9 nitrogen and oxygen atoms in total. The average molecular weight is 493 g/mol. The summed E-state index contributed by atoms with van der Waals surface area (Å²) in [6.07, 6.45) is 0. The summed E-state index contributed by atoms with van der Waals surface area (Å²) in [5.41, 5.74) is -1.13. The first-order valence-electron chi connectivity index (χ1n) is 7.92. The van der Waals surface area contributed by atoms with Gasteiger partial charge in [0.1, 0.15) is 18.0 Å². The first kappa shape index (κ1) is 22.1. The zero-order valence-corrected chi connectivity index (χ0v) is 17.8. The molecule has 3 rings (SSSR count). The number of hydrogen-bond acceptors (Lipinski definition) is 6. The summed E-state index contributed by atoms with van der Waals surface area (Å²) in [4.78, 5) is 48.8. The number of halogens is 4. The topological polar surface area (TPSA) is 119 Å². The van der Waals surface area contributed by atoms with Gasteiger partial charge in [0.25, 0.3) is 17.5 Å². The first-order chi connectivity index (χ1) is 14.1. The fourth-order valence-electron chi connectivity index (χ4n) is 2.77. The second-order valence-electron chi connectivity index (χ2n) is 5.89. The molecule has 0 fully saturated rings. The molecule has 0 atom stereocenters. The molecule has 0 spiro atoms. The number of nitrogens with zero attached hydrogens (tertiary/aromatic N) is 2. The van der Waals surface area contributed by atoms with E-state index in [-0.39, 0.29) is 42.7 Å². The quantitative estimate of drug-likeness (QED) is 0.216. The Kier molecular flexibility index (Phi) is 6.09. The predicted octanol–water partition coefficient (Wildman–Crippen LogP) is 4.45. The molecular formula is C17H9Cl4N3O6. The number of carbonyl (C=O) groups excluding carboxylic acids is 3. The molecule has 0 saturated carbocycles. The Bertz CT molecular complexity index is 1090. The number of ether oxygens (including phenoxy) is 1. The highest BCUT2D eigenvalue weighted by Gasteiger charge is 2.42. The number of nitro benzene ring substituents is 1. The number of benzene rings is 2. The second kappa shape index (κ2) is 8.27. The second-order valence-corrected chi connectivity index (χ2v) is 7.40. The third-order valence-corrected chi connectivity index (χ3v) is 5.96. The summed E-state index contributed by atoms with van der Waals surface area (Å²) in [5, 5.41) is 12.6. The van der Waals surface area contributed by atoms with E-state index < -0.39 is 34.9 Å². The van der Waals surface area contributed by atoms with E-state index >= 15 is 0 Å². The minimum Gasteiger partial charge on any atom is -0.496 e. The van der Waals surface area contributed by atoms with E-state index in [1.807, 2.05) is 0 Å². The summed E-state index contributed by atoms with van der Waals surface area (Å²) in [7, 11) is 1.33. The van der Waals surface area contributed by atoms with Crippen molar-refractivity contribution in [1.29, 1.82) is 0 Å². The summed E-state index contributed by atoms with van der Waals surface area (Å²) in [6, 6.07) is 3.76. The Hall–Kier alpha value is -2.59. The third kappa shape index (κ3) is 3.65. The fraction of sp³-hybridized carbons (Fsp3) is 0.118. The lowest BCUT2D eigenvalue weighted by molar-refractivity contribution is -0.384. The van der Waals surface area contributed by atoms with Crippen LogP contribution in [0.25, 0.3) is 0 Å². The standard InChI is InChI=1S/C17H9Cl4N3O6/c1-30-6-2-3-7(8(4-6)24(28)29)22-9(25)5-23-16(26)10-11(17(23)27)13(19)15(21)14(20)12(10)18/h2-4H,5H2,1H3,(H,22,25). The smallest absolute Gasteiger partial charge is 0.296 e. The van der Waals surface area contributed by atoms with E-state index in [4.69, 9.17) is 51.1 Å². The largest absolute Gasteiger partial charge is 0.496 e. The average Bonchev–Trinajstić information content (AvgIpc) is 2.95. The van der Waals surface area contributed by atoms with Crippen LogP contribution in [0.15, 0.2) is 18.2 Å². The van der Waals surface area contributed by atoms with E-state index in [0.717, 1.165) is 6.07 Å². The van der Waals surface area contributed by atoms with Crippen molar-refractivity contribution in [2.24, 2.45) is 0 Å². The van der Waals surface area contributed by atoms with Gasteiger partial charge < -0.3 is 10.1 Å². The first-order valence-corrected chi connectivity index (χ1v) is 9.44. The minimum absolute atomic E-state index is 0.149. The van der Waals surface area contributed by atoms with E-state index in [9.17, 15) is 24.5 Å². The molecule has 1 aliphatic heterocycles.